The van der Waals surface area contributed by atoms with Crippen LogP contribution in [0.15, 0.2) is 16.8 Å². The summed E-state index contributed by atoms with van der Waals surface area (Å²) in [4.78, 5) is 0. The Morgan fingerprint density at radius 2 is 2.53 bits per heavy atom. The minimum Gasteiger partial charge on any atom is -0.371 e. The number of thiophene rings is 1. The topological polar surface area (TPSA) is 21.3 Å². The highest BCUT2D eigenvalue weighted by atomic mass is 32.2. The molecule has 3 heterocycles. The van der Waals surface area contributed by atoms with Gasteiger partial charge in [-0.25, -0.2) is 0 Å². The number of nitrogens with one attached hydrogen (secondary N) is 1. The van der Waals surface area contributed by atoms with Crippen LogP contribution in [0, 0.1) is 0 Å². The molecule has 2 aliphatic rings. The summed E-state index contributed by atoms with van der Waals surface area (Å²) in [5.41, 5.74) is 1.48. The van der Waals surface area contributed by atoms with E-state index in [1.165, 1.54) is 17.7 Å². The third kappa shape index (κ3) is 1.73. The van der Waals surface area contributed by atoms with Crippen molar-refractivity contribution < 1.29 is 4.74 Å². The van der Waals surface area contributed by atoms with Crippen molar-refractivity contribution in [2.45, 2.75) is 18.1 Å². The third-order valence-electron chi connectivity index (χ3n) is 3.26. The van der Waals surface area contributed by atoms with E-state index in [0.29, 0.717) is 6.04 Å². The quantitative estimate of drug-likeness (QED) is 0.815. The van der Waals surface area contributed by atoms with Gasteiger partial charge in [0.1, 0.15) is 0 Å². The Hall–Kier alpha value is -0.0300. The summed E-state index contributed by atoms with van der Waals surface area (Å²) in [6, 6.07) is 2.63. The molecule has 2 atom stereocenters. The second-order valence-corrected chi connectivity index (χ2v) is 6.04. The van der Waals surface area contributed by atoms with Crippen LogP contribution in [0.25, 0.3) is 0 Å². The summed E-state index contributed by atoms with van der Waals surface area (Å²) in [7, 11) is 0. The first-order valence-electron chi connectivity index (χ1n) is 5.38. The van der Waals surface area contributed by atoms with Crippen LogP contribution >= 0.6 is 23.1 Å². The minimum absolute atomic E-state index is 0.0734. The number of rotatable bonds is 1. The van der Waals surface area contributed by atoms with Crippen molar-refractivity contribution in [3.8, 4) is 0 Å². The third-order valence-corrected chi connectivity index (χ3v) is 5.15. The Kier molecular flexibility index (Phi) is 2.77. The lowest BCUT2D eigenvalue weighted by atomic mass is 9.88. The van der Waals surface area contributed by atoms with E-state index >= 15 is 0 Å². The molecular weight excluding hydrogens is 226 g/mol. The number of thioether (sulfide) groups is 1. The Balaban J connectivity index is 1.90. The van der Waals surface area contributed by atoms with Gasteiger partial charge in [0.2, 0.25) is 0 Å². The maximum absolute atomic E-state index is 6.08. The van der Waals surface area contributed by atoms with Gasteiger partial charge in [0.25, 0.3) is 0 Å². The van der Waals surface area contributed by atoms with Gasteiger partial charge >= 0.3 is 0 Å². The van der Waals surface area contributed by atoms with E-state index in [1.807, 2.05) is 11.8 Å². The molecule has 2 nitrogen and oxygen atoms in total. The highest BCUT2D eigenvalue weighted by molar-refractivity contribution is 7.99. The fraction of sp³-hybridized carbons (Fsp3) is 0.636. The highest BCUT2D eigenvalue weighted by Crippen LogP contribution is 2.42. The van der Waals surface area contributed by atoms with Crippen molar-refractivity contribution in [2.75, 3.05) is 24.7 Å². The van der Waals surface area contributed by atoms with Crippen LogP contribution < -0.4 is 5.32 Å². The van der Waals surface area contributed by atoms with Crippen LogP contribution in [0.1, 0.15) is 18.0 Å². The van der Waals surface area contributed by atoms with Crippen LogP contribution in [-0.2, 0) is 4.74 Å². The van der Waals surface area contributed by atoms with Gasteiger partial charge in [0.15, 0.2) is 0 Å². The molecule has 15 heavy (non-hydrogen) atoms. The maximum atomic E-state index is 6.08. The predicted molar refractivity (Wildman–Crippen MR) is 65.7 cm³/mol. The Morgan fingerprint density at radius 1 is 1.53 bits per heavy atom. The van der Waals surface area contributed by atoms with Crippen molar-refractivity contribution in [1.82, 2.24) is 5.32 Å². The average molecular weight is 241 g/mol. The van der Waals surface area contributed by atoms with Gasteiger partial charge < -0.3 is 10.1 Å². The van der Waals surface area contributed by atoms with Crippen LogP contribution in [-0.4, -0.2) is 30.3 Å². The molecule has 2 aliphatic heterocycles. The number of hydrogen-bond acceptors (Lipinski definition) is 4. The van der Waals surface area contributed by atoms with E-state index in [1.54, 1.807) is 11.3 Å². The molecule has 1 spiro atoms. The largest absolute Gasteiger partial charge is 0.371 e. The molecule has 2 unspecified atom stereocenters. The molecule has 0 amide bonds. The second-order valence-electron chi connectivity index (χ2n) is 4.16. The van der Waals surface area contributed by atoms with Gasteiger partial charge in [0, 0.05) is 12.3 Å². The molecule has 2 saturated heterocycles. The molecule has 0 aromatic carbocycles. The number of hydrogen-bond donors (Lipinski definition) is 1. The summed E-state index contributed by atoms with van der Waals surface area (Å²) in [5.74, 6) is 2.38. The standard InChI is InChI=1S/C11H15NOS2/c1-5-14-7-9(1)10-11(2-6-15-8-11)13-4-3-12-10/h1,5,7,10,12H,2-4,6,8H2. The van der Waals surface area contributed by atoms with Crippen molar-refractivity contribution in [3.63, 3.8) is 0 Å². The summed E-state index contributed by atoms with van der Waals surface area (Å²) in [6.07, 6.45) is 1.19. The zero-order valence-corrected chi connectivity index (χ0v) is 10.2. The van der Waals surface area contributed by atoms with Gasteiger partial charge in [-0.2, -0.15) is 23.1 Å². The molecule has 0 saturated carbocycles. The lowest BCUT2D eigenvalue weighted by molar-refractivity contribution is -0.0795. The van der Waals surface area contributed by atoms with Crippen LogP contribution in [0.3, 0.4) is 0 Å². The van der Waals surface area contributed by atoms with Crippen LogP contribution in [0.2, 0.25) is 0 Å². The molecule has 0 radical (unpaired) electrons. The average Bonchev–Trinajstić information content (AvgIpc) is 2.90. The summed E-state index contributed by atoms with van der Waals surface area (Å²) in [5, 5.41) is 8.02. The van der Waals surface area contributed by atoms with E-state index in [9.17, 15) is 0 Å². The van der Waals surface area contributed by atoms with E-state index in [0.717, 1.165) is 18.9 Å². The SMILES string of the molecule is c1cc(C2NCCOC23CCSC3)cs1. The second kappa shape index (κ2) is 4.09. The summed E-state index contributed by atoms with van der Waals surface area (Å²) >= 11 is 3.79. The van der Waals surface area contributed by atoms with Crippen molar-refractivity contribution >= 4 is 23.1 Å². The molecule has 82 valence electrons. The molecule has 2 fully saturated rings. The van der Waals surface area contributed by atoms with Crippen molar-refractivity contribution in [1.29, 1.82) is 0 Å². The Labute approximate surface area is 98.4 Å². The molecule has 3 rings (SSSR count). The Bertz CT molecular complexity index is 319. The van der Waals surface area contributed by atoms with Gasteiger partial charge in [-0.1, -0.05) is 0 Å². The molecule has 0 bridgehead atoms. The van der Waals surface area contributed by atoms with Crippen molar-refractivity contribution in [3.05, 3.63) is 22.4 Å². The molecule has 1 aromatic rings. The highest BCUT2D eigenvalue weighted by Gasteiger charge is 2.45. The van der Waals surface area contributed by atoms with Gasteiger partial charge in [-0.05, 0) is 34.6 Å². The van der Waals surface area contributed by atoms with E-state index in [4.69, 9.17) is 4.74 Å². The van der Waals surface area contributed by atoms with Gasteiger partial charge in [0.05, 0.1) is 18.2 Å². The lowest BCUT2D eigenvalue weighted by Gasteiger charge is -2.41. The fourth-order valence-electron chi connectivity index (χ4n) is 2.49. The smallest absolute Gasteiger partial charge is 0.0974 e. The van der Waals surface area contributed by atoms with E-state index in [2.05, 4.69) is 22.1 Å². The van der Waals surface area contributed by atoms with E-state index < -0.39 is 0 Å². The monoisotopic (exact) mass is 241 g/mol. The first-order valence-corrected chi connectivity index (χ1v) is 7.48. The minimum atomic E-state index is 0.0734. The Morgan fingerprint density at radius 3 is 3.27 bits per heavy atom. The zero-order valence-electron chi connectivity index (χ0n) is 8.57. The first kappa shape index (κ1) is 10.1. The first-order chi connectivity index (χ1) is 7.41. The van der Waals surface area contributed by atoms with Gasteiger partial charge in [-0.3, -0.25) is 0 Å². The maximum Gasteiger partial charge on any atom is 0.0974 e. The summed E-state index contributed by atoms with van der Waals surface area (Å²) in [6.45, 7) is 1.84. The molecule has 0 aliphatic carbocycles. The molecule has 4 heteroatoms. The van der Waals surface area contributed by atoms with E-state index in [-0.39, 0.29) is 5.60 Å². The van der Waals surface area contributed by atoms with Gasteiger partial charge in [-0.15, -0.1) is 0 Å². The molecular formula is C11H15NOS2. The number of ether oxygens (including phenoxy) is 1. The zero-order chi connectivity index (χ0) is 10.1. The number of morpholine rings is 1. The lowest BCUT2D eigenvalue weighted by Crippen LogP contribution is -2.52. The predicted octanol–water partition coefficient (Wildman–Crippen LogP) is 2.28. The fourth-order valence-corrected chi connectivity index (χ4v) is 4.55. The normalized spacial score (nSPS) is 36.1. The summed E-state index contributed by atoms with van der Waals surface area (Å²) < 4.78 is 6.08. The van der Waals surface area contributed by atoms with Crippen LogP contribution in [0.5, 0.6) is 0 Å². The van der Waals surface area contributed by atoms with Crippen LogP contribution in [0.4, 0.5) is 0 Å². The van der Waals surface area contributed by atoms with Crippen molar-refractivity contribution in [2.24, 2.45) is 0 Å². The molecule has 1 aromatic heterocycles. The molecule has 1 N–H and O–H groups in total.